The lowest BCUT2D eigenvalue weighted by Crippen LogP contribution is -1.96. The molecule has 0 fully saturated rings. The molecular formula is C9H10N6O. The summed E-state index contributed by atoms with van der Waals surface area (Å²) < 4.78 is 5.37. The second-order valence-electron chi connectivity index (χ2n) is 2.97. The number of aliphatic imine (C=N–C) groups is 1. The first-order valence-electron chi connectivity index (χ1n) is 4.66. The first-order valence-corrected chi connectivity index (χ1v) is 4.66. The first-order chi connectivity index (χ1) is 7.76. The van der Waals surface area contributed by atoms with E-state index in [2.05, 4.69) is 31.9 Å². The Labute approximate surface area is 91.5 Å². The molecule has 2 N–H and O–H groups in total. The minimum absolute atomic E-state index is 0.240. The Bertz CT molecular complexity index is 520. The first kappa shape index (κ1) is 10.2. The number of aromatic nitrogens is 4. The molecule has 0 saturated heterocycles. The van der Waals surface area contributed by atoms with Gasteiger partial charge in [0.15, 0.2) is 5.82 Å². The van der Waals surface area contributed by atoms with Crippen LogP contribution in [-0.4, -0.2) is 26.9 Å². The van der Waals surface area contributed by atoms with Crippen LogP contribution in [0.3, 0.4) is 0 Å². The highest BCUT2D eigenvalue weighted by atomic mass is 16.4. The SMILES string of the molecule is C=Nc1ncnc(N)c1-c1nnc(CC)o1. The number of nitrogens with zero attached hydrogens (tertiary/aromatic N) is 5. The molecule has 0 bridgehead atoms. The maximum absolute atomic E-state index is 5.71. The van der Waals surface area contributed by atoms with Crippen molar-refractivity contribution in [2.45, 2.75) is 13.3 Å². The zero-order valence-electron chi connectivity index (χ0n) is 8.71. The molecule has 0 radical (unpaired) electrons. The van der Waals surface area contributed by atoms with Gasteiger partial charge in [-0.05, 0) is 6.72 Å². The maximum atomic E-state index is 5.71. The summed E-state index contributed by atoms with van der Waals surface area (Å²) in [7, 11) is 0. The molecule has 7 heteroatoms. The monoisotopic (exact) mass is 218 g/mol. The molecule has 2 heterocycles. The normalized spacial score (nSPS) is 10.3. The van der Waals surface area contributed by atoms with Crippen molar-refractivity contribution in [2.24, 2.45) is 4.99 Å². The maximum Gasteiger partial charge on any atom is 0.255 e. The third-order valence-electron chi connectivity index (χ3n) is 1.99. The summed E-state index contributed by atoms with van der Waals surface area (Å²) in [5, 5.41) is 7.70. The van der Waals surface area contributed by atoms with E-state index in [1.165, 1.54) is 6.33 Å². The van der Waals surface area contributed by atoms with Crippen LogP contribution in [0.4, 0.5) is 11.6 Å². The highest BCUT2D eigenvalue weighted by Gasteiger charge is 2.16. The average molecular weight is 218 g/mol. The number of nitrogen functional groups attached to an aromatic ring is 1. The Kier molecular flexibility index (Phi) is 2.59. The lowest BCUT2D eigenvalue weighted by molar-refractivity contribution is 0.513. The lowest BCUT2D eigenvalue weighted by Gasteiger charge is -2.01. The third kappa shape index (κ3) is 1.62. The second kappa shape index (κ2) is 4.05. The Hall–Kier alpha value is -2.31. The smallest absolute Gasteiger partial charge is 0.255 e. The Morgan fingerprint density at radius 2 is 2.25 bits per heavy atom. The average Bonchev–Trinajstić information content (AvgIpc) is 2.76. The largest absolute Gasteiger partial charge is 0.420 e. The quantitative estimate of drug-likeness (QED) is 0.771. The van der Waals surface area contributed by atoms with Gasteiger partial charge >= 0.3 is 0 Å². The minimum Gasteiger partial charge on any atom is -0.420 e. The molecule has 0 aromatic carbocycles. The molecule has 2 rings (SSSR count). The van der Waals surface area contributed by atoms with Gasteiger partial charge < -0.3 is 10.2 Å². The van der Waals surface area contributed by atoms with Gasteiger partial charge in [-0.2, -0.15) is 0 Å². The summed E-state index contributed by atoms with van der Waals surface area (Å²) in [6, 6.07) is 0. The van der Waals surface area contributed by atoms with Gasteiger partial charge in [0.2, 0.25) is 5.89 Å². The molecule has 0 spiro atoms. The van der Waals surface area contributed by atoms with E-state index < -0.39 is 0 Å². The molecule has 2 aromatic heterocycles. The highest BCUT2D eigenvalue weighted by molar-refractivity contribution is 5.77. The fourth-order valence-corrected chi connectivity index (χ4v) is 1.21. The summed E-state index contributed by atoms with van der Waals surface area (Å²) in [5.74, 6) is 1.35. The predicted molar refractivity (Wildman–Crippen MR) is 58.3 cm³/mol. The van der Waals surface area contributed by atoms with E-state index in [4.69, 9.17) is 10.2 Å². The van der Waals surface area contributed by atoms with Gasteiger partial charge in [0, 0.05) is 6.42 Å². The van der Waals surface area contributed by atoms with Crippen molar-refractivity contribution in [3.05, 3.63) is 12.2 Å². The van der Waals surface area contributed by atoms with Crippen LogP contribution in [0.1, 0.15) is 12.8 Å². The summed E-state index contributed by atoms with van der Waals surface area (Å²) in [6.45, 7) is 5.31. The van der Waals surface area contributed by atoms with Crippen molar-refractivity contribution in [1.82, 2.24) is 20.2 Å². The molecular weight excluding hydrogens is 208 g/mol. The van der Waals surface area contributed by atoms with Crippen LogP contribution >= 0.6 is 0 Å². The van der Waals surface area contributed by atoms with Crippen LogP contribution in [0.15, 0.2) is 15.7 Å². The predicted octanol–water partition coefficient (Wildman–Crippen LogP) is 1.00. The Morgan fingerprint density at radius 3 is 2.88 bits per heavy atom. The van der Waals surface area contributed by atoms with E-state index in [-0.39, 0.29) is 11.7 Å². The molecule has 82 valence electrons. The summed E-state index contributed by atoms with van der Waals surface area (Å²) in [5.41, 5.74) is 6.13. The highest BCUT2D eigenvalue weighted by Crippen LogP contribution is 2.30. The molecule has 0 atom stereocenters. The van der Waals surface area contributed by atoms with Crippen molar-refractivity contribution < 1.29 is 4.42 Å². The minimum atomic E-state index is 0.240. The number of nitrogens with two attached hydrogens (primary N) is 1. The van der Waals surface area contributed by atoms with Gasteiger partial charge in [-0.25, -0.2) is 15.0 Å². The summed E-state index contributed by atoms with van der Waals surface area (Å²) in [4.78, 5) is 11.5. The summed E-state index contributed by atoms with van der Waals surface area (Å²) in [6.07, 6.45) is 1.96. The zero-order chi connectivity index (χ0) is 11.5. The third-order valence-corrected chi connectivity index (χ3v) is 1.99. The van der Waals surface area contributed by atoms with Crippen LogP contribution in [0.25, 0.3) is 11.5 Å². The van der Waals surface area contributed by atoms with Gasteiger partial charge in [0.1, 0.15) is 17.7 Å². The molecule has 2 aromatic rings. The molecule has 0 aliphatic carbocycles. The Morgan fingerprint density at radius 1 is 1.44 bits per heavy atom. The molecule has 0 aliphatic rings. The molecule has 0 amide bonds. The topological polar surface area (TPSA) is 103 Å². The van der Waals surface area contributed by atoms with E-state index in [0.717, 1.165) is 0 Å². The number of anilines is 1. The van der Waals surface area contributed by atoms with Crippen molar-refractivity contribution in [1.29, 1.82) is 0 Å². The van der Waals surface area contributed by atoms with Gasteiger partial charge in [-0.15, -0.1) is 10.2 Å². The fraction of sp³-hybridized carbons (Fsp3) is 0.222. The van der Waals surface area contributed by atoms with E-state index in [1.54, 1.807) is 0 Å². The van der Waals surface area contributed by atoms with Gasteiger partial charge in [0.05, 0.1) is 0 Å². The fourth-order valence-electron chi connectivity index (χ4n) is 1.21. The standard InChI is InChI=1S/C9H10N6O/c1-3-5-14-15-9(16-5)6-7(10)12-4-13-8(6)11-2/h4H,2-3H2,1H3,(H2,10,12,13). The van der Waals surface area contributed by atoms with Crippen LogP contribution < -0.4 is 5.73 Å². The number of rotatable bonds is 3. The van der Waals surface area contributed by atoms with Crippen molar-refractivity contribution >= 4 is 18.4 Å². The Balaban J connectivity index is 2.58. The zero-order valence-corrected chi connectivity index (χ0v) is 8.71. The van der Waals surface area contributed by atoms with Crippen molar-refractivity contribution in [2.75, 3.05) is 5.73 Å². The summed E-state index contributed by atoms with van der Waals surface area (Å²) >= 11 is 0. The molecule has 0 aliphatic heterocycles. The van der Waals surface area contributed by atoms with E-state index >= 15 is 0 Å². The van der Waals surface area contributed by atoms with Gasteiger partial charge in [-0.1, -0.05) is 6.92 Å². The van der Waals surface area contributed by atoms with E-state index in [9.17, 15) is 0 Å². The van der Waals surface area contributed by atoms with Crippen LogP contribution in [0.2, 0.25) is 0 Å². The number of aryl methyl sites for hydroxylation is 1. The van der Waals surface area contributed by atoms with Crippen molar-refractivity contribution in [3.63, 3.8) is 0 Å². The molecule has 0 saturated carbocycles. The number of hydrogen-bond acceptors (Lipinski definition) is 7. The van der Waals surface area contributed by atoms with Crippen LogP contribution in [0.5, 0.6) is 0 Å². The van der Waals surface area contributed by atoms with E-state index in [1.807, 2.05) is 6.92 Å². The van der Waals surface area contributed by atoms with Gasteiger partial charge in [0.25, 0.3) is 5.89 Å². The molecule has 16 heavy (non-hydrogen) atoms. The van der Waals surface area contributed by atoms with Crippen LogP contribution in [-0.2, 0) is 6.42 Å². The molecule has 7 nitrogen and oxygen atoms in total. The van der Waals surface area contributed by atoms with Crippen LogP contribution in [0, 0.1) is 0 Å². The number of hydrogen-bond donors (Lipinski definition) is 1. The molecule has 0 unspecified atom stereocenters. The van der Waals surface area contributed by atoms with Gasteiger partial charge in [-0.3, -0.25) is 0 Å². The lowest BCUT2D eigenvalue weighted by atomic mass is 10.3. The van der Waals surface area contributed by atoms with Crippen molar-refractivity contribution in [3.8, 4) is 11.5 Å². The second-order valence-corrected chi connectivity index (χ2v) is 2.97. The van der Waals surface area contributed by atoms with E-state index in [0.29, 0.717) is 23.7 Å².